The van der Waals surface area contributed by atoms with Crippen LogP contribution in [-0.2, 0) is 10.0 Å². The van der Waals surface area contributed by atoms with E-state index in [1.54, 1.807) is 25.3 Å². The van der Waals surface area contributed by atoms with Gasteiger partial charge in [0.2, 0.25) is 0 Å². The van der Waals surface area contributed by atoms with Crippen molar-refractivity contribution in [2.24, 2.45) is 0 Å². The zero-order valence-electron chi connectivity index (χ0n) is 12.3. The van der Waals surface area contributed by atoms with E-state index in [4.69, 9.17) is 27.0 Å². The standard InChI is InChI=1S/C16H12Cl2N2O2S/c1-9-5-12(15(22-2)7-13(9)17)16-11-4-3-10(23(18)21)6-14(11)19-8-20-16/h3-8H,1-2H3. The van der Waals surface area contributed by atoms with Gasteiger partial charge in [-0.05, 0) is 53.5 Å². The minimum Gasteiger partial charge on any atom is -0.496 e. The van der Waals surface area contributed by atoms with Gasteiger partial charge in [0.05, 0.1) is 23.2 Å². The van der Waals surface area contributed by atoms with Gasteiger partial charge in [0.25, 0.3) is 0 Å². The number of aryl methyl sites for hydroxylation is 1. The molecule has 0 spiro atoms. The second-order valence-corrected chi connectivity index (χ2v) is 7.09. The summed E-state index contributed by atoms with van der Waals surface area (Å²) in [7, 11) is 5.65. The number of benzene rings is 2. The van der Waals surface area contributed by atoms with E-state index in [1.165, 1.54) is 6.33 Å². The maximum atomic E-state index is 11.4. The SMILES string of the molecule is COc1cc(Cl)c(C)cc1-c1ncnc2cc(S(=O)Cl)ccc12. The number of aromatic nitrogens is 2. The minimum atomic E-state index is -1.58. The summed E-state index contributed by atoms with van der Waals surface area (Å²) >= 11 is 6.16. The van der Waals surface area contributed by atoms with Crippen LogP contribution in [0, 0.1) is 6.92 Å². The maximum Gasteiger partial charge on any atom is 0.147 e. The number of hydrogen-bond donors (Lipinski definition) is 0. The molecule has 0 amide bonds. The molecule has 0 aliphatic rings. The highest BCUT2D eigenvalue weighted by atomic mass is 35.7. The van der Waals surface area contributed by atoms with Crippen molar-refractivity contribution >= 4 is 43.2 Å². The zero-order chi connectivity index (χ0) is 16.6. The summed E-state index contributed by atoms with van der Waals surface area (Å²) in [5.74, 6) is 0.630. The molecule has 118 valence electrons. The Kier molecular flexibility index (Phi) is 4.53. The molecule has 1 atom stereocenters. The molecule has 23 heavy (non-hydrogen) atoms. The van der Waals surface area contributed by atoms with Crippen LogP contribution in [0.15, 0.2) is 41.6 Å². The van der Waals surface area contributed by atoms with Crippen LogP contribution in [0.1, 0.15) is 5.56 Å². The summed E-state index contributed by atoms with van der Waals surface area (Å²) in [5, 5.41) is 1.45. The summed E-state index contributed by atoms with van der Waals surface area (Å²) < 4.78 is 16.9. The molecule has 4 nitrogen and oxygen atoms in total. The summed E-state index contributed by atoms with van der Waals surface area (Å²) in [4.78, 5) is 9.13. The molecule has 0 saturated heterocycles. The summed E-state index contributed by atoms with van der Waals surface area (Å²) in [6, 6.07) is 8.90. The first-order valence-corrected chi connectivity index (χ1v) is 9.04. The Morgan fingerprint density at radius 3 is 2.65 bits per heavy atom. The number of hydrogen-bond acceptors (Lipinski definition) is 4. The minimum absolute atomic E-state index is 0.503. The average Bonchev–Trinajstić information content (AvgIpc) is 2.55. The van der Waals surface area contributed by atoms with Crippen LogP contribution in [0.5, 0.6) is 5.75 Å². The molecular weight excluding hydrogens is 355 g/mol. The van der Waals surface area contributed by atoms with Crippen LogP contribution in [-0.4, -0.2) is 21.3 Å². The molecule has 1 heterocycles. The normalized spacial score (nSPS) is 12.3. The Hall–Kier alpha value is -1.69. The molecule has 0 radical (unpaired) electrons. The lowest BCUT2D eigenvalue weighted by Gasteiger charge is -2.12. The molecule has 3 rings (SSSR count). The molecule has 7 heteroatoms. The molecule has 0 N–H and O–H groups in total. The Bertz CT molecular complexity index is 931. The van der Waals surface area contributed by atoms with Gasteiger partial charge in [-0.1, -0.05) is 11.6 Å². The number of fused-ring (bicyclic) bond motifs is 1. The molecule has 0 bridgehead atoms. The van der Waals surface area contributed by atoms with Crippen molar-refractivity contribution in [1.82, 2.24) is 9.97 Å². The van der Waals surface area contributed by atoms with Gasteiger partial charge >= 0.3 is 0 Å². The van der Waals surface area contributed by atoms with E-state index in [2.05, 4.69) is 9.97 Å². The molecule has 0 saturated carbocycles. The lowest BCUT2D eigenvalue weighted by Crippen LogP contribution is -1.95. The first-order chi connectivity index (χ1) is 11.0. The van der Waals surface area contributed by atoms with Crippen LogP contribution in [0.25, 0.3) is 22.2 Å². The van der Waals surface area contributed by atoms with Gasteiger partial charge in [0, 0.05) is 16.0 Å². The third kappa shape index (κ3) is 3.04. The van der Waals surface area contributed by atoms with Gasteiger partial charge in [-0.15, -0.1) is 0 Å². The molecule has 1 unspecified atom stereocenters. The lowest BCUT2D eigenvalue weighted by atomic mass is 10.0. The van der Waals surface area contributed by atoms with E-state index in [1.807, 2.05) is 19.1 Å². The number of rotatable bonds is 3. The van der Waals surface area contributed by atoms with Crippen LogP contribution < -0.4 is 4.74 Å². The van der Waals surface area contributed by atoms with Crippen molar-refractivity contribution in [2.45, 2.75) is 11.8 Å². The molecule has 0 aliphatic heterocycles. The Balaban J connectivity index is 2.29. The third-order valence-corrected chi connectivity index (χ3v) is 5.10. The zero-order valence-corrected chi connectivity index (χ0v) is 14.7. The van der Waals surface area contributed by atoms with Gasteiger partial charge in [0.15, 0.2) is 0 Å². The number of nitrogens with zero attached hydrogens (tertiary/aromatic N) is 2. The van der Waals surface area contributed by atoms with Gasteiger partial charge < -0.3 is 4.74 Å². The Morgan fingerprint density at radius 1 is 1.17 bits per heavy atom. The van der Waals surface area contributed by atoms with E-state index >= 15 is 0 Å². The first-order valence-electron chi connectivity index (χ1n) is 6.68. The summed E-state index contributed by atoms with van der Waals surface area (Å²) in [6.07, 6.45) is 1.46. The summed E-state index contributed by atoms with van der Waals surface area (Å²) in [6.45, 7) is 1.92. The largest absolute Gasteiger partial charge is 0.496 e. The number of methoxy groups -OCH3 is 1. The van der Waals surface area contributed by atoms with Crippen molar-refractivity contribution in [3.8, 4) is 17.0 Å². The van der Waals surface area contributed by atoms with Crippen molar-refractivity contribution in [1.29, 1.82) is 0 Å². The summed E-state index contributed by atoms with van der Waals surface area (Å²) in [5.41, 5.74) is 3.13. The van der Waals surface area contributed by atoms with Crippen LogP contribution in [0.2, 0.25) is 5.02 Å². The molecule has 0 aliphatic carbocycles. The first kappa shape index (κ1) is 16.2. The topological polar surface area (TPSA) is 52.1 Å². The molecular formula is C16H12Cl2N2O2S. The molecule has 1 aromatic heterocycles. The number of ether oxygens (including phenoxy) is 1. The van der Waals surface area contributed by atoms with Gasteiger partial charge in [-0.25, -0.2) is 14.2 Å². The second-order valence-electron chi connectivity index (χ2n) is 4.93. The highest BCUT2D eigenvalue weighted by Crippen LogP contribution is 2.36. The predicted molar refractivity (Wildman–Crippen MR) is 93.5 cm³/mol. The fourth-order valence-corrected chi connectivity index (χ4v) is 3.19. The average molecular weight is 367 g/mol. The van der Waals surface area contributed by atoms with E-state index in [9.17, 15) is 4.21 Å². The van der Waals surface area contributed by atoms with E-state index in [-0.39, 0.29) is 0 Å². The fraction of sp³-hybridized carbons (Fsp3) is 0.125. The fourth-order valence-electron chi connectivity index (χ4n) is 2.37. The molecule has 2 aromatic carbocycles. The maximum absolute atomic E-state index is 11.4. The Labute approximate surface area is 145 Å². The molecule has 3 aromatic rings. The highest BCUT2D eigenvalue weighted by Gasteiger charge is 2.14. The second kappa shape index (κ2) is 6.43. The monoisotopic (exact) mass is 366 g/mol. The van der Waals surface area contributed by atoms with Gasteiger partial charge in [0.1, 0.15) is 22.1 Å². The van der Waals surface area contributed by atoms with Crippen molar-refractivity contribution in [3.05, 3.63) is 47.2 Å². The van der Waals surface area contributed by atoms with Crippen molar-refractivity contribution in [2.75, 3.05) is 7.11 Å². The Morgan fingerprint density at radius 2 is 1.96 bits per heavy atom. The quantitative estimate of drug-likeness (QED) is 0.639. The van der Waals surface area contributed by atoms with E-state index in [0.29, 0.717) is 21.2 Å². The number of halogens is 2. The lowest BCUT2D eigenvalue weighted by molar-refractivity contribution is 0.416. The van der Waals surface area contributed by atoms with Crippen LogP contribution in [0.3, 0.4) is 0 Å². The van der Waals surface area contributed by atoms with E-state index in [0.717, 1.165) is 22.2 Å². The van der Waals surface area contributed by atoms with Crippen LogP contribution >= 0.6 is 22.3 Å². The molecule has 0 fully saturated rings. The third-order valence-electron chi connectivity index (χ3n) is 3.53. The van der Waals surface area contributed by atoms with Gasteiger partial charge in [-0.2, -0.15) is 0 Å². The smallest absolute Gasteiger partial charge is 0.147 e. The van der Waals surface area contributed by atoms with Crippen molar-refractivity contribution < 1.29 is 8.95 Å². The predicted octanol–water partition coefficient (Wildman–Crippen LogP) is 4.53. The highest BCUT2D eigenvalue weighted by molar-refractivity contribution is 8.08. The van der Waals surface area contributed by atoms with E-state index < -0.39 is 10.0 Å². The van der Waals surface area contributed by atoms with Crippen LogP contribution in [0.4, 0.5) is 0 Å². The van der Waals surface area contributed by atoms with Crippen molar-refractivity contribution in [3.63, 3.8) is 0 Å². The van der Waals surface area contributed by atoms with Gasteiger partial charge in [-0.3, -0.25) is 0 Å².